The van der Waals surface area contributed by atoms with Crippen molar-refractivity contribution in [3.8, 4) is 5.75 Å². The first-order chi connectivity index (χ1) is 14.3. The van der Waals surface area contributed by atoms with E-state index in [9.17, 15) is 17.6 Å². The number of thiophene rings is 1. The number of sulfonamides is 1. The van der Waals surface area contributed by atoms with Crippen LogP contribution < -0.4 is 4.74 Å². The molecule has 1 saturated heterocycles. The van der Waals surface area contributed by atoms with Crippen LogP contribution in [-0.4, -0.2) is 56.0 Å². The summed E-state index contributed by atoms with van der Waals surface area (Å²) in [5, 5.41) is 0.400. The largest absolute Gasteiger partial charge is 0.489 e. The van der Waals surface area contributed by atoms with Crippen molar-refractivity contribution in [3.05, 3.63) is 64.8 Å². The number of carbonyl (C=O) groups is 1. The molecule has 1 aliphatic heterocycles. The summed E-state index contributed by atoms with van der Waals surface area (Å²) in [6, 6.07) is 13.9. The summed E-state index contributed by atoms with van der Waals surface area (Å²) >= 11 is 1.24. The Morgan fingerprint density at radius 2 is 1.77 bits per heavy atom. The topological polar surface area (TPSA) is 66.9 Å². The predicted molar refractivity (Wildman–Crippen MR) is 115 cm³/mol. The highest BCUT2D eigenvalue weighted by molar-refractivity contribution is 7.88. The van der Waals surface area contributed by atoms with Gasteiger partial charge in [0.2, 0.25) is 10.0 Å². The van der Waals surface area contributed by atoms with E-state index in [4.69, 9.17) is 4.74 Å². The van der Waals surface area contributed by atoms with Gasteiger partial charge in [0, 0.05) is 41.8 Å². The fourth-order valence-corrected chi connectivity index (χ4v) is 5.53. The molecule has 9 heteroatoms. The molecule has 1 aromatic heterocycles. The van der Waals surface area contributed by atoms with Crippen LogP contribution in [0, 0.1) is 5.82 Å². The molecule has 6 nitrogen and oxygen atoms in total. The molecule has 0 radical (unpaired) electrons. The Hall–Kier alpha value is -2.49. The summed E-state index contributed by atoms with van der Waals surface area (Å²) in [6.07, 6.45) is 1.16. The van der Waals surface area contributed by atoms with Crippen LogP contribution in [0.15, 0.2) is 48.5 Å². The number of amides is 1. The van der Waals surface area contributed by atoms with Crippen molar-refractivity contribution in [2.24, 2.45) is 0 Å². The van der Waals surface area contributed by atoms with Crippen LogP contribution >= 0.6 is 11.3 Å². The number of ether oxygens (including phenoxy) is 1. The quantitative estimate of drug-likeness (QED) is 0.601. The van der Waals surface area contributed by atoms with Gasteiger partial charge in [0.1, 0.15) is 18.2 Å². The van der Waals surface area contributed by atoms with Crippen molar-refractivity contribution in [2.45, 2.75) is 6.61 Å². The number of hydrogen-bond acceptors (Lipinski definition) is 5. The van der Waals surface area contributed by atoms with Gasteiger partial charge >= 0.3 is 0 Å². The maximum atomic E-state index is 14.6. The number of fused-ring (bicyclic) bond motifs is 1. The van der Waals surface area contributed by atoms with Gasteiger partial charge in [-0.25, -0.2) is 12.8 Å². The molecule has 0 unspecified atom stereocenters. The van der Waals surface area contributed by atoms with Gasteiger partial charge in [0.25, 0.3) is 5.91 Å². The molecular formula is C21H21FN2O4S2. The van der Waals surface area contributed by atoms with Crippen molar-refractivity contribution in [2.75, 3.05) is 32.4 Å². The number of carbonyl (C=O) groups excluding carboxylic acids is 1. The summed E-state index contributed by atoms with van der Waals surface area (Å²) in [6.45, 7) is 1.15. The van der Waals surface area contributed by atoms with Crippen molar-refractivity contribution >= 4 is 37.4 Å². The standard InChI is InChI=1S/C21H21FN2O4S2/c1-30(26,27)24-12-10-23(11-13-24)21(25)20-16(14-28-15-6-3-2-4-7-15)19-17(22)8-5-9-18(19)29-20/h2-9H,10-14H2,1H3. The molecule has 2 aromatic carbocycles. The molecule has 0 aliphatic carbocycles. The predicted octanol–water partition coefficient (Wildman–Crippen LogP) is 3.34. The first-order valence-electron chi connectivity index (χ1n) is 9.47. The molecule has 0 atom stereocenters. The number of halogens is 1. The Balaban J connectivity index is 1.63. The van der Waals surface area contributed by atoms with Crippen LogP contribution in [-0.2, 0) is 16.6 Å². The second-order valence-corrected chi connectivity index (χ2v) is 10.1. The smallest absolute Gasteiger partial charge is 0.264 e. The molecule has 30 heavy (non-hydrogen) atoms. The van der Waals surface area contributed by atoms with Gasteiger partial charge in [-0.05, 0) is 24.3 Å². The summed E-state index contributed by atoms with van der Waals surface area (Å²) in [5.41, 5.74) is 0.521. The zero-order valence-corrected chi connectivity index (χ0v) is 18.0. The normalized spacial score (nSPS) is 15.5. The average molecular weight is 449 g/mol. The fraction of sp³-hybridized carbons (Fsp3) is 0.286. The van der Waals surface area contributed by atoms with E-state index >= 15 is 0 Å². The van der Waals surface area contributed by atoms with Crippen LogP contribution in [0.25, 0.3) is 10.1 Å². The third-order valence-electron chi connectivity index (χ3n) is 5.08. The fourth-order valence-electron chi connectivity index (χ4n) is 3.52. The van der Waals surface area contributed by atoms with Gasteiger partial charge in [-0.1, -0.05) is 24.3 Å². The first-order valence-corrected chi connectivity index (χ1v) is 12.1. The van der Waals surface area contributed by atoms with Crippen LogP contribution in [0.4, 0.5) is 4.39 Å². The Labute approximate surface area is 178 Å². The molecule has 0 spiro atoms. The minimum atomic E-state index is -3.28. The maximum Gasteiger partial charge on any atom is 0.264 e. The van der Waals surface area contributed by atoms with E-state index in [0.29, 0.717) is 39.4 Å². The van der Waals surface area contributed by atoms with E-state index in [-0.39, 0.29) is 25.6 Å². The Bertz CT molecular complexity index is 1170. The van der Waals surface area contributed by atoms with E-state index in [1.165, 1.54) is 21.7 Å². The maximum absolute atomic E-state index is 14.6. The second kappa shape index (κ2) is 8.33. The lowest BCUT2D eigenvalue weighted by molar-refractivity contribution is 0.0701. The van der Waals surface area contributed by atoms with E-state index in [2.05, 4.69) is 0 Å². The van der Waals surface area contributed by atoms with Crippen molar-refractivity contribution < 1.29 is 22.3 Å². The zero-order chi connectivity index (χ0) is 21.3. The zero-order valence-electron chi connectivity index (χ0n) is 16.4. The van der Waals surface area contributed by atoms with Crippen LogP contribution in [0.1, 0.15) is 15.2 Å². The Morgan fingerprint density at radius 3 is 2.43 bits per heavy atom. The lowest BCUT2D eigenvalue weighted by atomic mass is 10.1. The van der Waals surface area contributed by atoms with E-state index in [1.807, 2.05) is 18.2 Å². The summed E-state index contributed by atoms with van der Waals surface area (Å²) in [7, 11) is -3.28. The van der Waals surface area contributed by atoms with E-state index in [1.54, 1.807) is 29.2 Å². The summed E-state index contributed by atoms with van der Waals surface area (Å²) in [5.74, 6) is 0.0140. The lowest BCUT2D eigenvalue weighted by Crippen LogP contribution is -2.50. The Morgan fingerprint density at radius 1 is 1.07 bits per heavy atom. The number of hydrogen-bond donors (Lipinski definition) is 0. The van der Waals surface area contributed by atoms with Crippen molar-refractivity contribution in [1.82, 2.24) is 9.21 Å². The summed E-state index contributed by atoms with van der Waals surface area (Å²) in [4.78, 5) is 15.3. The molecule has 158 valence electrons. The second-order valence-electron chi connectivity index (χ2n) is 7.08. The molecule has 1 aliphatic rings. The van der Waals surface area contributed by atoms with E-state index < -0.39 is 15.8 Å². The molecule has 0 saturated carbocycles. The molecule has 0 bridgehead atoms. The highest BCUT2D eigenvalue weighted by atomic mass is 32.2. The van der Waals surface area contributed by atoms with Crippen LogP contribution in [0.5, 0.6) is 5.75 Å². The SMILES string of the molecule is CS(=O)(=O)N1CCN(C(=O)c2sc3cccc(F)c3c2COc2ccccc2)CC1. The molecular weight excluding hydrogens is 427 g/mol. The highest BCUT2D eigenvalue weighted by Crippen LogP contribution is 2.35. The minimum Gasteiger partial charge on any atom is -0.489 e. The van der Waals surface area contributed by atoms with Crippen molar-refractivity contribution in [3.63, 3.8) is 0 Å². The third-order valence-corrected chi connectivity index (χ3v) is 7.57. The van der Waals surface area contributed by atoms with Crippen LogP contribution in [0.2, 0.25) is 0 Å². The van der Waals surface area contributed by atoms with Crippen molar-refractivity contribution in [1.29, 1.82) is 0 Å². The number of rotatable bonds is 5. The van der Waals surface area contributed by atoms with Gasteiger partial charge in [0.05, 0.1) is 11.1 Å². The minimum absolute atomic E-state index is 0.0648. The molecule has 3 aromatic rings. The Kier molecular flexibility index (Phi) is 5.77. The van der Waals surface area contributed by atoms with Gasteiger partial charge in [-0.2, -0.15) is 4.31 Å². The third kappa shape index (κ3) is 4.19. The molecule has 2 heterocycles. The number of para-hydroxylation sites is 1. The molecule has 4 rings (SSSR count). The molecule has 1 amide bonds. The first kappa shape index (κ1) is 20.8. The summed E-state index contributed by atoms with van der Waals surface area (Å²) < 4.78 is 46.0. The average Bonchev–Trinajstić information content (AvgIpc) is 3.12. The van der Waals surface area contributed by atoms with Gasteiger partial charge < -0.3 is 9.64 Å². The number of benzene rings is 2. The number of nitrogens with zero attached hydrogens (tertiary/aromatic N) is 2. The number of piperazine rings is 1. The van der Waals surface area contributed by atoms with Gasteiger partial charge in [-0.3, -0.25) is 4.79 Å². The van der Waals surface area contributed by atoms with Crippen LogP contribution in [0.3, 0.4) is 0 Å². The molecule has 0 N–H and O–H groups in total. The van der Waals surface area contributed by atoms with E-state index in [0.717, 1.165) is 6.26 Å². The monoisotopic (exact) mass is 448 g/mol. The highest BCUT2D eigenvalue weighted by Gasteiger charge is 2.30. The van der Waals surface area contributed by atoms with Gasteiger partial charge in [-0.15, -0.1) is 11.3 Å². The van der Waals surface area contributed by atoms with Gasteiger partial charge in [0.15, 0.2) is 0 Å². The lowest BCUT2D eigenvalue weighted by Gasteiger charge is -2.33. The molecule has 1 fully saturated rings.